The zero-order chi connectivity index (χ0) is 22.7. The fourth-order valence-electron chi connectivity index (χ4n) is 3.97. The van der Waals surface area contributed by atoms with E-state index in [9.17, 15) is 0 Å². The van der Waals surface area contributed by atoms with Crippen molar-refractivity contribution in [3.63, 3.8) is 0 Å². The zero-order valence-electron chi connectivity index (χ0n) is 19.0. The molecule has 1 fully saturated rings. The van der Waals surface area contributed by atoms with Crippen LogP contribution in [0.5, 0.6) is 0 Å². The highest BCUT2D eigenvalue weighted by Gasteiger charge is 2.40. The fourth-order valence-corrected chi connectivity index (χ4v) is 3.97. The molecule has 0 radical (unpaired) electrons. The van der Waals surface area contributed by atoms with Crippen LogP contribution in [0.25, 0.3) is 0 Å². The molecule has 0 spiro atoms. The van der Waals surface area contributed by atoms with Crippen molar-refractivity contribution in [3.8, 4) is 0 Å². The van der Waals surface area contributed by atoms with Crippen molar-refractivity contribution in [1.82, 2.24) is 0 Å². The van der Waals surface area contributed by atoms with E-state index in [-0.39, 0.29) is 24.6 Å². The third kappa shape index (κ3) is 7.22. The van der Waals surface area contributed by atoms with E-state index in [0.29, 0.717) is 32.8 Å². The minimum atomic E-state index is -0.368. The second kappa shape index (κ2) is 12.6. The van der Waals surface area contributed by atoms with Crippen LogP contribution >= 0.6 is 0 Å². The molecule has 0 bridgehead atoms. The van der Waals surface area contributed by atoms with Gasteiger partial charge in [0.2, 0.25) is 0 Å². The molecule has 174 valence electrons. The van der Waals surface area contributed by atoms with Gasteiger partial charge in [0.05, 0.1) is 32.5 Å². The Balaban J connectivity index is 1.44. The Morgan fingerprint density at radius 1 is 0.697 bits per heavy atom. The van der Waals surface area contributed by atoms with Gasteiger partial charge < -0.3 is 23.7 Å². The molecule has 33 heavy (non-hydrogen) atoms. The van der Waals surface area contributed by atoms with E-state index in [1.165, 1.54) is 0 Å². The maximum absolute atomic E-state index is 6.39. The largest absolute Gasteiger partial charge is 0.374 e. The normalized spacial score (nSPS) is 22.8. The van der Waals surface area contributed by atoms with Crippen LogP contribution in [-0.4, -0.2) is 38.3 Å². The van der Waals surface area contributed by atoms with Crippen molar-refractivity contribution in [1.29, 1.82) is 0 Å². The van der Waals surface area contributed by atoms with Crippen LogP contribution in [0.1, 0.15) is 23.1 Å². The lowest BCUT2D eigenvalue weighted by Gasteiger charge is -2.41. The monoisotopic (exact) mass is 448 g/mol. The molecule has 4 rings (SSSR count). The van der Waals surface area contributed by atoms with Crippen molar-refractivity contribution in [2.75, 3.05) is 13.7 Å². The number of rotatable bonds is 11. The summed E-state index contributed by atoms with van der Waals surface area (Å²) in [5.41, 5.74) is 3.35. The third-order valence-electron chi connectivity index (χ3n) is 5.73. The lowest BCUT2D eigenvalue weighted by Crippen LogP contribution is -2.52. The minimum absolute atomic E-state index is 0.182. The predicted octanol–water partition coefficient (Wildman–Crippen LogP) is 5.14. The summed E-state index contributed by atoms with van der Waals surface area (Å²) in [4.78, 5) is 0. The van der Waals surface area contributed by atoms with Crippen molar-refractivity contribution in [2.24, 2.45) is 0 Å². The predicted molar refractivity (Wildman–Crippen MR) is 126 cm³/mol. The van der Waals surface area contributed by atoms with Crippen molar-refractivity contribution >= 4 is 0 Å². The summed E-state index contributed by atoms with van der Waals surface area (Å²) in [5.74, 6) is 0. The Labute approximate surface area is 196 Å². The molecule has 5 nitrogen and oxygen atoms in total. The van der Waals surface area contributed by atoms with Gasteiger partial charge in [-0.25, -0.2) is 0 Å². The first-order valence-electron chi connectivity index (χ1n) is 11.4. The van der Waals surface area contributed by atoms with Gasteiger partial charge in [0.1, 0.15) is 12.2 Å². The van der Waals surface area contributed by atoms with Gasteiger partial charge in [-0.05, 0) is 16.7 Å². The van der Waals surface area contributed by atoms with Gasteiger partial charge in [0.25, 0.3) is 0 Å². The van der Waals surface area contributed by atoms with Crippen LogP contribution in [0.4, 0.5) is 0 Å². The van der Waals surface area contributed by atoms with Crippen LogP contribution < -0.4 is 0 Å². The molecule has 3 aromatic rings. The lowest BCUT2D eigenvalue weighted by molar-refractivity contribution is -0.272. The summed E-state index contributed by atoms with van der Waals surface area (Å²) in [6.07, 6.45) is -0.545. The van der Waals surface area contributed by atoms with Crippen molar-refractivity contribution in [2.45, 2.75) is 50.8 Å². The molecule has 5 heteroatoms. The van der Waals surface area contributed by atoms with Crippen LogP contribution in [0.15, 0.2) is 91.0 Å². The molecule has 1 aliphatic heterocycles. The Morgan fingerprint density at radius 2 is 1.21 bits per heavy atom. The number of ether oxygens (including phenoxy) is 5. The number of hydrogen-bond acceptors (Lipinski definition) is 5. The number of hydrogen-bond donors (Lipinski definition) is 0. The lowest BCUT2D eigenvalue weighted by atomic mass is 10.0. The average molecular weight is 449 g/mol. The standard InChI is InChI=1S/C28H32O5/c1-29-27-17-25(31-19-23-13-7-3-8-14-23)28(32-20-24-15-9-4-10-16-24)26(33-27)21-30-18-22-11-5-2-6-12-22/h2-16,25-28H,17-21H2,1H3/t25-,26-,27-,28+/m1/s1. The highest BCUT2D eigenvalue weighted by Crippen LogP contribution is 2.28. The van der Waals surface area contributed by atoms with Gasteiger partial charge in [-0.3, -0.25) is 0 Å². The molecular weight excluding hydrogens is 416 g/mol. The van der Waals surface area contributed by atoms with Crippen LogP contribution in [0, 0.1) is 0 Å². The molecule has 0 unspecified atom stereocenters. The van der Waals surface area contributed by atoms with E-state index in [1.54, 1.807) is 7.11 Å². The van der Waals surface area contributed by atoms with Gasteiger partial charge in [-0.15, -0.1) is 0 Å². The summed E-state index contributed by atoms with van der Waals surface area (Å²) in [6.45, 7) is 1.89. The van der Waals surface area contributed by atoms with E-state index in [1.807, 2.05) is 54.6 Å². The van der Waals surface area contributed by atoms with Gasteiger partial charge in [-0.1, -0.05) is 91.0 Å². The van der Waals surface area contributed by atoms with Crippen molar-refractivity contribution < 1.29 is 23.7 Å². The first kappa shape index (κ1) is 23.6. The fraction of sp³-hybridized carbons (Fsp3) is 0.357. The summed E-state index contributed by atoms with van der Waals surface area (Å²) >= 11 is 0. The highest BCUT2D eigenvalue weighted by molar-refractivity contribution is 5.15. The molecule has 0 amide bonds. The summed E-state index contributed by atoms with van der Waals surface area (Å²) < 4.78 is 30.5. The van der Waals surface area contributed by atoms with Gasteiger partial charge in [0.15, 0.2) is 6.29 Å². The first-order chi connectivity index (χ1) is 16.3. The topological polar surface area (TPSA) is 46.2 Å². The molecule has 4 atom stereocenters. The second-order valence-corrected chi connectivity index (χ2v) is 8.17. The van der Waals surface area contributed by atoms with E-state index in [2.05, 4.69) is 36.4 Å². The smallest absolute Gasteiger partial charge is 0.160 e. The summed E-state index contributed by atoms with van der Waals surface area (Å²) in [5, 5.41) is 0. The molecular formula is C28H32O5. The van der Waals surface area contributed by atoms with Crippen molar-refractivity contribution in [3.05, 3.63) is 108 Å². The number of benzene rings is 3. The maximum atomic E-state index is 6.39. The second-order valence-electron chi connectivity index (χ2n) is 8.17. The zero-order valence-corrected chi connectivity index (χ0v) is 19.0. The van der Waals surface area contributed by atoms with E-state index in [0.717, 1.165) is 16.7 Å². The van der Waals surface area contributed by atoms with E-state index >= 15 is 0 Å². The molecule has 1 heterocycles. The van der Waals surface area contributed by atoms with Gasteiger partial charge >= 0.3 is 0 Å². The Kier molecular flexibility index (Phi) is 9.04. The highest BCUT2D eigenvalue weighted by atomic mass is 16.7. The summed E-state index contributed by atoms with van der Waals surface area (Å²) in [7, 11) is 1.66. The van der Waals surface area contributed by atoms with Crippen LogP contribution in [0.3, 0.4) is 0 Å². The molecule has 1 saturated heterocycles. The van der Waals surface area contributed by atoms with E-state index < -0.39 is 0 Å². The summed E-state index contributed by atoms with van der Waals surface area (Å²) in [6, 6.07) is 30.4. The number of methoxy groups -OCH3 is 1. The first-order valence-corrected chi connectivity index (χ1v) is 11.4. The molecule has 0 N–H and O–H groups in total. The maximum Gasteiger partial charge on any atom is 0.160 e. The SMILES string of the molecule is CO[C@H]1C[C@@H](OCc2ccccc2)[C@H](OCc2ccccc2)[C@@H](COCc2ccccc2)O1. The molecule has 0 aliphatic carbocycles. The quantitative estimate of drug-likeness (QED) is 0.407. The minimum Gasteiger partial charge on any atom is -0.374 e. The molecule has 3 aromatic carbocycles. The molecule has 0 saturated carbocycles. The van der Waals surface area contributed by atoms with E-state index in [4.69, 9.17) is 23.7 Å². The van der Waals surface area contributed by atoms with Crippen LogP contribution in [0.2, 0.25) is 0 Å². The molecule has 1 aliphatic rings. The Hall–Kier alpha value is -2.54. The Morgan fingerprint density at radius 3 is 1.76 bits per heavy atom. The average Bonchev–Trinajstić information content (AvgIpc) is 2.88. The Bertz CT molecular complexity index is 919. The third-order valence-corrected chi connectivity index (χ3v) is 5.73. The molecule has 0 aromatic heterocycles. The van der Waals surface area contributed by atoms with Gasteiger partial charge in [-0.2, -0.15) is 0 Å². The van der Waals surface area contributed by atoms with Gasteiger partial charge in [0, 0.05) is 13.5 Å². The van der Waals surface area contributed by atoms with Crippen LogP contribution in [-0.2, 0) is 43.5 Å².